The van der Waals surface area contributed by atoms with Gasteiger partial charge in [0, 0.05) is 17.4 Å². The summed E-state index contributed by atoms with van der Waals surface area (Å²) in [4.78, 5) is 11.6. The SMILES string of the molecule is CCOC(=O)c1cc(C)n(C(C)C)c1C. The average Bonchev–Trinajstić information content (AvgIpc) is 2.42. The van der Waals surface area contributed by atoms with E-state index in [0.717, 1.165) is 11.4 Å². The number of carbonyl (C=O) groups excluding carboxylic acids is 1. The molecule has 0 fully saturated rings. The molecule has 1 rings (SSSR count). The molecule has 15 heavy (non-hydrogen) atoms. The van der Waals surface area contributed by atoms with E-state index in [2.05, 4.69) is 18.4 Å². The van der Waals surface area contributed by atoms with Crippen molar-refractivity contribution in [2.24, 2.45) is 0 Å². The standard InChI is InChI=1S/C12H19NO2/c1-6-15-12(14)11-7-9(4)13(8(2)3)10(11)5/h7-8H,6H2,1-5H3. The summed E-state index contributed by atoms with van der Waals surface area (Å²) in [7, 11) is 0. The number of aryl methyl sites for hydroxylation is 1. The van der Waals surface area contributed by atoms with Crippen molar-refractivity contribution in [2.75, 3.05) is 6.61 Å². The Kier molecular flexibility index (Phi) is 3.56. The lowest BCUT2D eigenvalue weighted by Crippen LogP contribution is -2.09. The van der Waals surface area contributed by atoms with Gasteiger partial charge in [0.05, 0.1) is 12.2 Å². The van der Waals surface area contributed by atoms with Crippen molar-refractivity contribution in [1.82, 2.24) is 4.57 Å². The van der Waals surface area contributed by atoms with Gasteiger partial charge in [0.1, 0.15) is 0 Å². The van der Waals surface area contributed by atoms with Gasteiger partial charge in [0.2, 0.25) is 0 Å². The molecular formula is C12H19NO2. The van der Waals surface area contributed by atoms with Crippen molar-refractivity contribution < 1.29 is 9.53 Å². The number of ether oxygens (including phenoxy) is 1. The summed E-state index contributed by atoms with van der Waals surface area (Å²) in [5.74, 6) is -0.225. The maximum atomic E-state index is 11.6. The zero-order valence-corrected chi connectivity index (χ0v) is 10.1. The van der Waals surface area contributed by atoms with Gasteiger partial charge in [-0.25, -0.2) is 4.79 Å². The number of aromatic nitrogens is 1. The van der Waals surface area contributed by atoms with Crippen molar-refractivity contribution in [3.05, 3.63) is 23.0 Å². The first kappa shape index (κ1) is 11.8. The lowest BCUT2D eigenvalue weighted by Gasteiger charge is -2.13. The van der Waals surface area contributed by atoms with Crippen LogP contribution in [0, 0.1) is 13.8 Å². The fourth-order valence-electron chi connectivity index (χ4n) is 1.99. The van der Waals surface area contributed by atoms with E-state index in [1.165, 1.54) is 0 Å². The Balaban J connectivity index is 3.12. The number of esters is 1. The van der Waals surface area contributed by atoms with Crippen LogP contribution in [0.2, 0.25) is 0 Å². The Morgan fingerprint density at radius 1 is 1.47 bits per heavy atom. The van der Waals surface area contributed by atoms with Gasteiger partial charge in [-0.2, -0.15) is 0 Å². The van der Waals surface area contributed by atoms with E-state index in [1.807, 2.05) is 26.8 Å². The number of rotatable bonds is 3. The molecule has 0 radical (unpaired) electrons. The molecule has 0 saturated heterocycles. The molecule has 3 nitrogen and oxygen atoms in total. The summed E-state index contributed by atoms with van der Waals surface area (Å²) in [5, 5.41) is 0. The zero-order valence-electron chi connectivity index (χ0n) is 10.1. The Bertz CT molecular complexity index is 364. The zero-order chi connectivity index (χ0) is 11.6. The van der Waals surface area contributed by atoms with Gasteiger partial charge in [-0.15, -0.1) is 0 Å². The van der Waals surface area contributed by atoms with Crippen molar-refractivity contribution >= 4 is 5.97 Å². The molecule has 84 valence electrons. The van der Waals surface area contributed by atoms with Crippen LogP contribution in [-0.4, -0.2) is 17.1 Å². The van der Waals surface area contributed by atoms with E-state index in [-0.39, 0.29) is 5.97 Å². The smallest absolute Gasteiger partial charge is 0.339 e. The fourth-order valence-corrected chi connectivity index (χ4v) is 1.99. The van der Waals surface area contributed by atoms with Crippen molar-refractivity contribution in [3.63, 3.8) is 0 Å². The molecule has 0 atom stereocenters. The molecule has 0 aliphatic rings. The summed E-state index contributed by atoms with van der Waals surface area (Å²) in [5.41, 5.74) is 2.77. The fraction of sp³-hybridized carbons (Fsp3) is 0.583. The third kappa shape index (κ3) is 2.22. The van der Waals surface area contributed by atoms with Crippen LogP contribution in [0.3, 0.4) is 0 Å². The summed E-state index contributed by atoms with van der Waals surface area (Å²) < 4.78 is 7.15. The van der Waals surface area contributed by atoms with Crippen LogP contribution in [0.1, 0.15) is 48.6 Å². The van der Waals surface area contributed by atoms with Crippen molar-refractivity contribution in [1.29, 1.82) is 0 Å². The minimum atomic E-state index is -0.225. The molecule has 1 aromatic rings. The molecule has 0 bridgehead atoms. The maximum Gasteiger partial charge on any atom is 0.339 e. The van der Waals surface area contributed by atoms with Gasteiger partial charge in [0.25, 0.3) is 0 Å². The Labute approximate surface area is 91.0 Å². The number of carbonyl (C=O) groups is 1. The van der Waals surface area contributed by atoms with Crippen LogP contribution < -0.4 is 0 Å². The Morgan fingerprint density at radius 3 is 2.47 bits per heavy atom. The highest BCUT2D eigenvalue weighted by Gasteiger charge is 2.17. The monoisotopic (exact) mass is 209 g/mol. The molecule has 3 heteroatoms. The van der Waals surface area contributed by atoms with Crippen LogP contribution in [-0.2, 0) is 4.74 Å². The molecule has 1 heterocycles. The summed E-state index contributed by atoms with van der Waals surface area (Å²) in [6.07, 6.45) is 0. The minimum Gasteiger partial charge on any atom is -0.462 e. The topological polar surface area (TPSA) is 31.2 Å². The van der Waals surface area contributed by atoms with Gasteiger partial charge in [-0.1, -0.05) is 0 Å². The number of hydrogen-bond donors (Lipinski definition) is 0. The summed E-state index contributed by atoms with van der Waals surface area (Å²) in [6.45, 7) is 10.4. The average molecular weight is 209 g/mol. The quantitative estimate of drug-likeness (QED) is 0.717. The van der Waals surface area contributed by atoms with Crippen LogP contribution in [0.15, 0.2) is 6.07 Å². The lowest BCUT2D eigenvalue weighted by atomic mass is 10.2. The van der Waals surface area contributed by atoms with E-state index < -0.39 is 0 Å². The van der Waals surface area contributed by atoms with E-state index in [9.17, 15) is 4.79 Å². The molecule has 0 aliphatic heterocycles. The lowest BCUT2D eigenvalue weighted by molar-refractivity contribution is 0.0525. The predicted octanol–water partition coefficient (Wildman–Crippen LogP) is 2.86. The van der Waals surface area contributed by atoms with E-state index >= 15 is 0 Å². The molecule has 1 aromatic heterocycles. The second-order valence-corrected chi connectivity index (χ2v) is 3.97. The third-order valence-corrected chi connectivity index (χ3v) is 2.50. The molecule has 0 aromatic carbocycles. The first-order valence-electron chi connectivity index (χ1n) is 5.34. The van der Waals surface area contributed by atoms with Crippen molar-refractivity contribution in [2.45, 2.75) is 40.7 Å². The number of hydrogen-bond acceptors (Lipinski definition) is 2. The van der Waals surface area contributed by atoms with Gasteiger partial charge in [0.15, 0.2) is 0 Å². The molecule has 0 unspecified atom stereocenters. The first-order chi connectivity index (χ1) is 6.99. The molecule has 0 saturated carbocycles. The largest absolute Gasteiger partial charge is 0.462 e. The second-order valence-electron chi connectivity index (χ2n) is 3.97. The van der Waals surface area contributed by atoms with Crippen LogP contribution in [0.5, 0.6) is 0 Å². The van der Waals surface area contributed by atoms with Crippen LogP contribution in [0.25, 0.3) is 0 Å². The molecule has 0 aliphatic carbocycles. The third-order valence-electron chi connectivity index (χ3n) is 2.50. The normalized spacial score (nSPS) is 10.8. The van der Waals surface area contributed by atoms with Crippen LogP contribution >= 0.6 is 0 Å². The summed E-state index contributed by atoms with van der Waals surface area (Å²) >= 11 is 0. The Hall–Kier alpha value is -1.25. The van der Waals surface area contributed by atoms with Crippen LogP contribution in [0.4, 0.5) is 0 Å². The molecular weight excluding hydrogens is 190 g/mol. The van der Waals surface area contributed by atoms with E-state index in [0.29, 0.717) is 18.2 Å². The van der Waals surface area contributed by atoms with Gasteiger partial charge in [-0.05, 0) is 40.7 Å². The predicted molar refractivity (Wildman–Crippen MR) is 60.2 cm³/mol. The minimum absolute atomic E-state index is 0.225. The Morgan fingerprint density at radius 2 is 2.07 bits per heavy atom. The summed E-state index contributed by atoms with van der Waals surface area (Å²) in [6, 6.07) is 2.26. The number of nitrogens with zero attached hydrogens (tertiary/aromatic N) is 1. The van der Waals surface area contributed by atoms with Crippen molar-refractivity contribution in [3.8, 4) is 0 Å². The highest BCUT2D eigenvalue weighted by molar-refractivity contribution is 5.91. The second kappa shape index (κ2) is 4.51. The van der Waals surface area contributed by atoms with Gasteiger partial charge < -0.3 is 9.30 Å². The molecule has 0 amide bonds. The molecule has 0 spiro atoms. The van der Waals surface area contributed by atoms with E-state index in [4.69, 9.17) is 4.74 Å². The highest BCUT2D eigenvalue weighted by Crippen LogP contribution is 2.20. The van der Waals surface area contributed by atoms with Gasteiger partial charge >= 0.3 is 5.97 Å². The molecule has 0 N–H and O–H groups in total. The maximum absolute atomic E-state index is 11.6. The van der Waals surface area contributed by atoms with E-state index in [1.54, 1.807) is 0 Å². The first-order valence-corrected chi connectivity index (χ1v) is 5.34. The van der Waals surface area contributed by atoms with Gasteiger partial charge in [-0.3, -0.25) is 0 Å². The highest BCUT2D eigenvalue weighted by atomic mass is 16.5.